The van der Waals surface area contributed by atoms with E-state index in [0.717, 1.165) is 5.56 Å². The molecule has 3 rings (SSSR count). The van der Waals surface area contributed by atoms with E-state index in [2.05, 4.69) is 20.0 Å². The Hall–Kier alpha value is -2.98. The molecule has 1 saturated heterocycles. The van der Waals surface area contributed by atoms with Gasteiger partial charge >= 0.3 is 10.5 Å². The molecule has 0 saturated carbocycles. The van der Waals surface area contributed by atoms with Crippen molar-refractivity contribution in [2.75, 3.05) is 5.32 Å². The first-order valence-corrected chi connectivity index (χ1v) is 10.1. The fraction of sp³-hybridized carbons (Fsp3) is 0.167. The summed E-state index contributed by atoms with van der Waals surface area (Å²) in [5.41, 5.74) is 2.58. The topological polar surface area (TPSA) is 117 Å². The van der Waals surface area contributed by atoms with E-state index < -0.39 is 15.8 Å². The van der Waals surface area contributed by atoms with Gasteiger partial charge in [-0.05, 0) is 43.3 Å². The molecule has 1 aliphatic heterocycles. The molecule has 2 N–H and O–H groups in total. The first-order valence-electron chi connectivity index (χ1n) is 8.23. The lowest BCUT2D eigenvalue weighted by molar-refractivity contribution is -0.122. The maximum absolute atomic E-state index is 12.2. The van der Waals surface area contributed by atoms with Crippen molar-refractivity contribution in [2.24, 2.45) is 9.36 Å². The lowest BCUT2D eigenvalue weighted by atomic mass is 10.2. The molecule has 2 aromatic carbocycles. The van der Waals surface area contributed by atoms with Crippen LogP contribution in [0.2, 0.25) is 0 Å². The number of rotatable bonds is 5. The minimum Gasteiger partial charge on any atom is -0.326 e. The fourth-order valence-corrected chi connectivity index (χ4v) is 3.68. The van der Waals surface area contributed by atoms with Crippen LogP contribution in [-0.2, 0) is 20.1 Å². The number of amidine groups is 1. The van der Waals surface area contributed by atoms with E-state index in [-0.39, 0.29) is 23.9 Å². The van der Waals surface area contributed by atoms with E-state index in [1.807, 2.05) is 19.1 Å². The summed E-state index contributed by atoms with van der Waals surface area (Å²) < 4.78 is 24.5. The molecule has 1 heterocycles. The molecule has 1 aliphatic rings. The van der Waals surface area contributed by atoms with Gasteiger partial charge in [-0.3, -0.25) is 9.59 Å². The smallest absolute Gasteiger partial charge is 0.316 e. The standard InChI is InChI=1S/C18H16N4O4S2/c1-11-2-4-12(5-3-11)19-16(23)10-15-17(24)21-18(27-15)20-13-6-8-14(9-7-13)22-28(25)26/h2-9,15H,10H2,1H3,(H,19,23)(H,20,21,24). The van der Waals surface area contributed by atoms with Crippen LogP contribution in [-0.4, -0.2) is 30.6 Å². The van der Waals surface area contributed by atoms with Crippen molar-refractivity contribution in [3.05, 3.63) is 54.1 Å². The van der Waals surface area contributed by atoms with Crippen LogP contribution in [0.15, 0.2) is 57.9 Å². The number of carbonyl (C=O) groups is 2. The van der Waals surface area contributed by atoms with Gasteiger partial charge in [0, 0.05) is 12.1 Å². The second kappa shape index (κ2) is 8.81. The van der Waals surface area contributed by atoms with Crippen LogP contribution in [0.5, 0.6) is 0 Å². The number of nitrogens with one attached hydrogen (secondary N) is 2. The third-order valence-electron chi connectivity index (χ3n) is 3.74. The molecule has 8 nitrogen and oxygen atoms in total. The van der Waals surface area contributed by atoms with Crippen molar-refractivity contribution in [3.8, 4) is 0 Å². The van der Waals surface area contributed by atoms with Gasteiger partial charge in [0.15, 0.2) is 5.17 Å². The summed E-state index contributed by atoms with van der Waals surface area (Å²) in [5.74, 6) is -0.537. The lowest BCUT2D eigenvalue weighted by Crippen LogP contribution is -2.28. The van der Waals surface area contributed by atoms with Gasteiger partial charge in [0.2, 0.25) is 11.8 Å². The largest absolute Gasteiger partial charge is 0.326 e. The summed E-state index contributed by atoms with van der Waals surface area (Å²) in [6.45, 7) is 1.96. The number of aliphatic imine (C=N–C) groups is 1. The van der Waals surface area contributed by atoms with Crippen LogP contribution in [0.3, 0.4) is 0 Å². The molecule has 1 atom stereocenters. The number of carbonyl (C=O) groups excluding carboxylic acids is 2. The Bertz CT molecular complexity index is 1050. The van der Waals surface area contributed by atoms with Gasteiger partial charge in [-0.1, -0.05) is 29.5 Å². The molecular weight excluding hydrogens is 400 g/mol. The molecule has 2 amide bonds. The van der Waals surface area contributed by atoms with E-state index in [1.165, 1.54) is 23.9 Å². The Morgan fingerprint density at radius 3 is 2.39 bits per heavy atom. The van der Waals surface area contributed by atoms with Crippen LogP contribution in [0, 0.1) is 6.92 Å². The first-order chi connectivity index (χ1) is 13.4. The highest BCUT2D eigenvalue weighted by atomic mass is 32.2. The predicted octanol–water partition coefficient (Wildman–Crippen LogP) is 2.94. The summed E-state index contributed by atoms with van der Waals surface area (Å²) in [4.78, 5) is 28.6. The maximum Gasteiger partial charge on any atom is 0.316 e. The predicted molar refractivity (Wildman–Crippen MR) is 108 cm³/mol. The summed E-state index contributed by atoms with van der Waals surface area (Å²) >= 11 is 1.18. The zero-order valence-corrected chi connectivity index (χ0v) is 16.4. The minimum absolute atomic E-state index is 0.0243. The Kier molecular flexibility index (Phi) is 6.22. The lowest BCUT2D eigenvalue weighted by Gasteiger charge is -2.07. The van der Waals surface area contributed by atoms with Crippen molar-refractivity contribution in [1.82, 2.24) is 5.32 Å². The van der Waals surface area contributed by atoms with E-state index in [0.29, 0.717) is 16.5 Å². The second-order valence-corrected chi connectivity index (χ2v) is 7.76. The zero-order chi connectivity index (χ0) is 20.1. The molecule has 28 heavy (non-hydrogen) atoms. The van der Waals surface area contributed by atoms with E-state index in [4.69, 9.17) is 0 Å². The third-order valence-corrected chi connectivity index (χ3v) is 5.18. The minimum atomic E-state index is -2.52. The Balaban J connectivity index is 1.61. The highest BCUT2D eigenvalue weighted by molar-refractivity contribution is 8.15. The Morgan fingerprint density at radius 2 is 1.75 bits per heavy atom. The van der Waals surface area contributed by atoms with Crippen LogP contribution < -0.4 is 10.6 Å². The fourth-order valence-electron chi connectivity index (χ4n) is 2.40. The summed E-state index contributed by atoms with van der Waals surface area (Å²) in [7, 11) is -2.52. The van der Waals surface area contributed by atoms with Crippen LogP contribution in [0.25, 0.3) is 0 Å². The summed E-state index contributed by atoms with van der Waals surface area (Å²) in [5, 5.41) is 5.23. The molecule has 0 spiro atoms. The molecule has 2 aromatic rings. The van der Waals surface area contributed by atoms with Gasteiger partial charge in [0.05, 0.1) is 11.4 Å². The SMILES string of the molecule is Cc1ccc(NC(=O)CC2SC(=Nc3ccc(N=S(=O)=O)cc3)NC2=O)cc1. The molecule has 1 fully saturated rings. The molecule has 0 radical (unpaired) electrons. The van der Waals surface area contributed by atoms with E-state index in [1.54, 1.807) is 24.3 Å². The van der Waals surface area contributed by atoms with Crippen molar-refractivity contribution in [1.29, 1.82) is 0 Å². The number of hydrogen-bond acceptors (Lipinski definition) is 7. The van der Waals surface area contributed by atoms with Crippen LogP contribution >= 0.6 is 11.8 Å². The Morgan fingerprint density at radius 1 is 1.11 bits per heavy atom. The van der Waals surface area contributed by atoms with Gasteiger partial charge in [0.25, 0.3) is 0 Å². The number of anilines is 1. The van der Waals surface area contributed by atoms with Gasteiger partial charge in [-0.25, -0.2) is 4.99 Å². The molecule has 10 heteroatoms. The van der Waals surface area contributed by atoms with Crippen molar-refractivity contribution in [3.63, 3.8) is 0 Å². The molecule has 144 valence electrons. The normalized spacial score (nSPS) is 17.2. The Labute approximate surface area is 167 Å². The first kappa shape index (κ1) is 19.8. The monoisotopic (exact) mass is 416 g/mol. The number of thioether (sulfide) groups is 1. The number of amides is 2. The van der Waals surface area contributed by atoms with Gasteiger partial charge in [0.1, 0.15) is 5.25 Å². The highest BCUT2D eigenvalue weighted by Gasteiger charge is 2.32. The van der Waals surface area contributed by atoms with Crippen LogP contribution in [0.1, 0.15) is 12.0 Å². The highest BCUT2D eigenvalue weighted by Crippen LogP contribution is 2.26. The zero-order valence-electron chi connectivity index (χ0n) is 14.7. The summed E-state index contributed by atoms with van der Waals surface area (Å²) in [6, 6.07) is 13.6. The van der Waals surface area contributed by atoms with Crippen molar-refractivity contribution in [2.45, 2.75) is 18.6 Å². The van der Waals surface area contributed by atoms with Gasteiger partial charge in [-0.2, -0.15) is 8.42 Å². The van der Waals surface area contributed by atoms with Crippen molar-refractivity contribution < 1.29 is 18.0 Å². The average Bonchev–Trinajstić information content (AvgIpc) is 2.97. The van der Waals surface area contributed by atoms with Crippen LogP contribution in [0.4, 0.5) is 17.1 Å². The number of hydrogen-bond donors (Lipinski definition) is 2. The van der Waals surface area contributed by atoms with Gasteiger partial charge in [-0.15, -0.1) is 4.36 Å². The van der Waals surface area contributed by atoms with E-state index in [9.17, 15) is 18.0 Å². The molecule has 0 bridgehead atoms. The van der Waals surface area contributed by atoms with Crippen molar-refractivity contribution >= 4 is 56.3 Å². The second-order valence-electron chi connectivity index (χ2n) is 5.96. The maximum atomic E-state index is 12.2. The number of benzene rings is 2. The summed E-state index contributed by atoms with van der Waals surface area (Å²) in [6.07, 6.45) is 0.0243. The quantitative estimate of drug-likeness (QED) is 0.777. The third kappa shape index (κ3) is 5.51. The van der Waals surface area contributed by atoms with Gasteiger partial charge < -0.3 is 10.6 Å². The molecule has 0 aliphatic carbocycles. The molecule has 1 unspecified atom stereocenters. The molecular formula is C18H16N4O4S2. The number of aryl methyl sites for hydroxylation is 1. The average molecular weight is 416 g/mol. The van der Waals surface area contributed by atoms with E-state index >= 15 is 0 Å². The molecule has 0 aromatic heterocycles. The number of nitrogens with zero attached hydrogens (tertiary/aromatic N) is 2.